The number of nitrogens with one attached hydrogen (secondary N) is 1. The van der Waals surface area contributed by atoms with Crippen LogP contribution < -0.4 is 0 Å². The monoisotopic (exact) mass is 309 g/mol. The van der Waals surface area contributed by atoms with Crippen LogP contribution in [0.15, 0.2) is 0 Å². The molecule has 21 heavy (non-hydrogen) atoms. The Labute approximate surface area is 130 Å². The van der Waals surface area contributed by atoms with Crippen LogP contribution in [0.5, 0.6) is 0 Å². The fraction of sp³-hybridized carbons (Fsp3) is 0.875. The maximum atomic E-state index is 6.38. The summed E-state index contributed by atoms with van der Waals surface area (Å²) in [4.78, 5) is 4.49. The zero-order valence-electron chi connectivity index (χ0n) is 14.5. The average molecular weight is 310 g/mol. The minimum atomic E-state index is -1.60. The van der Waals surface area contributed by atoms with Gasteiger partial charge in [-0.2, -0.15) is 5.10 Å². The summed E-state index contributed by atoms with van der Waals surface area (Å²) < 4.78 is 6.38. The van der Waals surface area contributed by atoms with Gasteiger partial charge in [0, 0.05) is 12.5 Å². The third kappa shape index (κ3) is 4.16. The van der Waals surface area contributed by atoms with Gasteiger partial charge in [-0.25, -0.2) is 4.98 Å². The molecule has 0 unspecified atom stereocenters. The Morgan fingerprint density at radius 2 is 1.81 bits per heavy atom. The number of rotatable bonds is 4. The minimum Gasteiger partial charge on any atom is -0.417 e. The highest BCUT2D eigenvalue weighted by Crippen LogP contribution is 2.39. The zero-order valence-corrected chi connectivity index (χ0v) is 15.5. The van der Waals surface area contributed by atoms with Gasteiger partial charge in [0.15, 0.2) is 14.1 Å². The summed E-state index contributed by atoms with van der Waals surface area (Å²) in [6.07, 6.45) is 4.88. The van der Waals surface area contributed by atoms with Gasteiger partial charge in [0.2, 0.25) is 0 Å². The van der Waals surface area contributed by atoms with Crippen LogP contribution in [0.4, 0.5) is 0 Å². The predicted molar refractivity (Wildman–Crippen MR) is 89.0 cm³/mol. The van der Waals surface area contributed by atoms with E-state index in [2.05, 4.69) is 49.0 Å². The first kappa shape index (κ1) is 16.7. The summed E-state index contributed by atoms with van der Waals surface area (Å²) in [7, 11) is -1.60. The molecule has 0 aliphatic heterocycles. The molecular weight excluding hydrogens is 278 g/mol. The summed E-state index contributed by atoms with van der Waals surface area (Å²) in [6.45, 7) is 14.5. The Balaban J connectivity index is 1.80. The molecule has 120 valence electrons. The van der Waals surface area contributed by atoms with Gasteiger partial charge < -0.3 is 4.43 Å². The third-order valence-corrected chi connectivity index (χ3v) is 9.81. The Kier molecular flexibility index (Phi) is 4.93. The van der Waals surface area contributed by atoms with E-state index in [1.54, 1.807) is 0 Å². The first-order chi connectivity index (χ1) is 9.69. The molecule has 0 amide bonds. The molecule has 1 aromatic heterocycles. The summed E-state index contributed by atoms with van der Waals surface area (Å²) in [5.74, 6) is 3.19. The van der Waals surface area contributed by atoms with Crippen molar-refractivity contribution in [3.05, 3.63) is 11.6 Å². The van der Waals surface area contributed by atoms with E-state index in [0.29, 0.717) is 11.0 Å². The fourth-order valence-electron chi connectivity index (χ4n) is 2.67. The van der Waals surface area contributed by atoms with Crippen LogP contribution in [0.1, 0.15) is 64.0 Å². The molecule has 1 fully saturated rings. The Hall–Kier alpha value is -0.683. The molecule has 1 heterocycles. The van der Waals surface area contributed by atoms with Crippen molar-refractivity contribution in [2.24, 2.45) is 5.92 Å². The van der Waals surface area contributed by atoms with Gasteiger partial charge in [-0.1, -0.05) is 20.8 Å². The van der Waals surface area contributed by atoms with Crippen molar-refractivity contribution < 1.29 is 4.43 Å². The van der Waals surface area contributed by atoms with E-state index in [1.165, 1.54) is 25.7 Å². The molecule has 1 aromatic rings. The first-order valence-electron chi connectivity index (χ1n) is 8.22. The van der Waals surface area contributed by atoms with Gasteiger partial charge in [0.1, 0.15) is 5.82 Å². The second-order valence-corrected chi connectivity index (χ2v) is 12.9. The van der Waals surface area contributed by atoms with Crippen molar-refractivity contribution in [2.45, 2.75) is 77.4 Å². The summed E-state index contributed by atoms with van der Waals surface area (Å²) in [5.41, 5.74) is 0. The first-order valence-corrected chi connectivity index (χ1v) is 11.1. The quantitative estimate of drug-likeness (QED) is 0.838. The van der Waals surface area contributed by atoms with Crippen LogP contribution in [-0.2, 0) is 4.43 Å². The van der Waals surface area contributed by atoms with E-state index >= 15 is 0 Å². The highest BCUT2D eigenvalue weighted by Gasteiger charge is 2.38. The number of H-pyrrole nitrogens is 1. The van der Waals surface area contributed by atoms with E-state index in [9.17, 15) is 0 Å². The molecule has 0 bridgehead atoms. The van der Waals surface area contributed by atoms with Gasteiger partial charge in [0.25, 0.3) is 0 Å². The van der Waals surface area contributed by atoms with Crippen LogP contribution in [-0.4, -0.2) is 30.1 Å². The van der Waals surface area contributed by atoms with Crippen LogP contribution in [0.25, 0.3) is 0 Å². The second-order valence-electron chi connectivity index (χ2n) is 8.07. The van der Waals surface area contributed by atoms with Crippen molar-refractivity contribution in [2.75, 3.05) is 6.61 Å². The maximum absolute atomic E-state index is 6.38. The molecule has 0 atom stereocenters. The van der Waals surface area contributed by atoms with Crippen LogP contribution in [0, 0.1) is 12.8 Å². The number of nitrogens with zero attached hydrogens (tertiary/aromatic N) is 2. The third-order valence-electron chi connectivity index (χ3n) is 5.31. The van der Waals surface area contributed by atoms with E-state index < -0.39 is 8.32 Å². The van der Waals surface area contributed by atoms with Crippen LogP contribution in [0.2, 0.25) is 18.1 Å². The maximum Gasteiger partial charge on any atom is 0.191 e. The number of aromatic nitrogens is 3. The number of hydrogen-bond acceptors (Lipinski definition) is 3. The minimum absolute atomic E-state index is 0.306. The van der Waals surface area contributed by atoms with Gasteiger partial charge in [0.05, 0.1) is 0 Å². The molecular formula is C16H31N3OSi. The molecule has 0 saturated heterocycles. The fourth-order valence-corrected chi connectivity index (χ4v) is 3.76. The van der Waals surface area contributed by atoms with Crippen molar-refractivity contribution in [3.63, 3.8) is 0 Å². The summed E-state index contributed by atoms with van der Waals surface area (Å²) in [6, 6.07) is 0. The molecule has 0 aromatic carbocycles. The lowest BCUT2D eigenvalue weighted by molar-refractivity contribution is 0.184. The number of aryl methyl sites for hydroxylation is 1. The predicted octanol–water partition coefficient (Wildman–Crippen LogP) is 4.41. The molecule has 2 rings (SSSR count). The smallest absolute Gasteiger partial charge is 0.191 e. The molecule has 1 aliphatic carbocycles. The Morgan fingerprint density at radius 1 is 1.19 bits per heavy atom. The highest BCUT2D eigenvalue weighted by atomic mass is 28.4. The van der Waals surface area contributed by atoms with Crippen molar-refractivity contribution in [3.8, 4) is 0 Å². The van der Waals surface area contributed by atoms with E-state index in [4.69, 9.17) is 4.43 Å². The average Bonchev–Trinajstić information content (AvgIpc) is 2.82. The van der Waals surface area contributed by atoms with Crippen LogP contribution >= 0.6 is 0 Å². The standard InChI is InChI=1S/C16H31N3OSi/c1-12-17-15(19-18-12)14-9-7-13(8-10-14)11-20-21(5,6)16(2,3)4/h13-14H,7-11H2,1-6H3,(H,17,18,19). The molecule has 1 saturated carbocycles. The summed E-state index contributed by atoms with van der Waals surface area (Å²) in [5, 5.41) is 7.59. The molecule has 1 N–H and O–H groups in total. The van der Waals surface area contributed by atoms with Gasteiger partial charge in [-0.15, -0.1) is 0 Å². The van der Waals surface area contributed by atoms with E-state index in [1.807, 2.05) is 6.92 Å². The molecule has 5 heteroatoms. The van der Waals surface area contributed by atoms with E-state index in [-0.39, 0.29) is 0 Å². The SMILES string of the molecule is Cc1nc(C2CCC(CO[Si](C)(C)C(C)(C)C)CC2)n[nH]1. The van der Waals surface area contributed by atoms with Crippen molar-refractivity contribution in [1.82, 2.24) is 15.2 Å². The topological polar surface area (TPSA) is 50.8 Å². The lowest BCUT2D eigenvalue weighted by Crippen LogP contribution is -2.42. The Morgan fingerprint density at radius 3 is 2.29 bits per heavy atom. The normalized spacial score (nSPS) is 24.3. The number of aromatic amines is 1. The number of hydrogen-bond donors (Lipinski definition) is 1. The lowest BCUT2D eigenvalue weighted by Gasteiger charge is -2.38. The summed E-state index contributed by atoms with van der Waals surface area (Å²) >= 11 is 0. The van der Waals surface area contributed by atoms with Crippen molar-refractivity contribution >= 4 is 8.32 Å². The van der Waals surface area contributed by atoms with Gasteiger partial charge >= 0.3 is 0 Å². The van der Waals surface area contributed by atoms with Crippen LogP contribution in [0.3, 0.4) is 0 Å². The lowest BCUT2D eigenvalue weighted by atomic mass is 9.82. The molecule has 0 radical (unpaired) electrons. The Bertz CT molecular complexity index is 456. The highest BCUT2D eigenvalue weighted by molar-refractivity contribution is 6.74. The zero-order chi connectivity index (χ0) is 15.7. The van der Waals surface area contributed by atoms with Gasteiger partial charge in [-0.3, -0.25) is 5.10 Å². The molecule has 4 nitrogen and oxygen atoms in total. The van der Waals surface area contributed by atoms with Gasteiger partial charge in [-0.05, 0) is 56.7 Å². The largest absolute Gasteiger partial charge is 0.417 e. The molecule has 1 aliphatic rings. The van der Waals surface area contributed by atoms with Crippen molar-refractivity contribution in [1.29, 1.82) is 0 Å². The van der Waals surface area contributed by atoms with E-state index in [0.717, 1.165) is 24.2 Å². The second kappa shape index (κ2) is 6.21. The molecule has 0 spiro atoms.